The molecule has 11 heavy (non-hydrogen) atoms. The quantitative estimate of drug-likeness (QED) is 0.655. The molecule has 0 saturated heterocycles. The Morgan fingerprint density at radius 3 is 2.73 bits per heavy atom. The highest BCUT2D eigenvalue weighted by molar-refractivity contribution is 4.86. The monoisotopic (exact) mass is 155 g/mol. The summed E-state index contributed by atoms with van der Waals surface area (Å²) in [6.07, 6.45) is 0.900. The second-order valence-electron chi connectivity index (χ2n) is 3.02. The lowest BCUT2D eigenvalue weighted by Crippen LogP contribution is -2.14. The van der Waals surface area contributed by atoms with Gasteiger partial charge in [-0.1, -0.05) is 13.8 Å². The molecule has 0 radical (unpaired) electrons. The SMILES string of the molecule is CC(C)C[C@H](N)c1nnn[nH]1. The molecule has 1 aromatic rings. The number of hydrogen-bond donors (Lipinski definition) is 2. The van der Waals surface area contributed by atoms with Crippen molar-refractivity contribution in [3.05, 3.63) is 5.82 Å². The highest BCUT2D eigenvalue weighted by atomic mass is 15.5. The molecule has 1 heterocycles. The number of nitrogens with one attached hydrogen (secondary N) is 1. The zero-order valence-electron chi connectivity index (χ0n) is 6.78. The first-order chi connectivity index (χ1) is 5.20. The number of tetrazole rings is 1. The van der Waals surface area contributed by atoms with Crippen molar-refractivity contribution < 1.29 is 0 Å². The predicted molar refractivity (Wildman–Crippen MR) is 40.6 cm³/mol. The van der Waals surface area contributed by atoms with E-state index in [1.807, 2.05) is 0 Å². The van der Waals surface area contributed by atoms with Crippen LogP contribution < -0.4 is 5.73 Å². The fourth-order valence-electron chi connectivity index (χ4n) is 0.943. The highest BCUT2D eigenvalue weighted by Gasteiger charge is 2.10. The third kappa shape index (κ3) is 2.27. The van der Waals surface area contributed by atoms with Gasteiger partial charge in [0, 0.05) is 0 Å². The van der Waals surface area contributed by atoms with E-state index in [1.165, 1.54) is 0 Å². The maximum atomic E-state index is 5.77. The Hall–Kier alpha value is -0.970. The summed E-state index contributed by atoms with van der Waals surface area (Å²) < 4.78 is 0. The summed E-state index contributed by atoms with van der Waals surface area (Å²) in [5, 5.41) is 13.3. The minimum atomic E-state index is -0.0648. The van der Waals surface area contributed by atoms with Crippen molar-refractivity contribution in [1.29, 1.82) is 0 Å². The van der Waals surface area contributed by atoms with Gasteiger partial charge in [-0.3, -0.25) is 0 Å². The Kier molecular flexibility index (Phi) is 2.53. The van der Waals surface area contributed by atoms with E-state index in [1.54, 1.807) is 0 Å². The van der Waals surface area contributed by atoms with Crippen molar-refractivity contribution in [2.75, 3.05) is 0 Å². The van der Waals surface area contributed by atoms with Crippen molar-refractivity contribution in [1.82, 2.24) is 20.6 Å². The van der Waals surface area contributed by atoms with Crippen molar-refractivity contribution in [3.8, 4) is 0 Å². The van der Waals surface area contributed by atoms with Crippen LogP contribution in [0.5, 0.6) is 0 Å². The van der Waals surface area contributed by atoms with Crippen molar-refractivity contribution in [2.45, 2.75) is 26.3 Å². The molecule has 0 amide bonds. The van der Waals surface area contributed by atoms with E-state index in [0.29, 0.717) is 11.7 Å². The summed E-state index contributed by atoms with van der Waals surface area (Å²) in [7, 11) is 0. The molecule has 5 nitrogen and oxygen atoms in total. The summed E-state index contributed by atoms with van der Waals surface area (Å²) in [5.74, 6) is 1.23. The van der Waals surface area contributed by atoms with Crippen LogP contribution in [0.2, 0.25) is 0 Å². The molecule has 1 aromatic heterocycles. The Morgan fingerprint density at radius 2 is 2.27 bits per heavy atom. The predicted octanol–water partition coefficient (Wildman–Crippen LogP) is 0.246. The first-order valence-electron chi connectivity index (χ1n) is 3.69. The molecule has 0 fully saturated rings. The smallest absolute Gasteiger partial charge is 0.165 e. The van der Waals surface area contributed by atoms with Gasteiger partial charge in [-0.2, -0.15) is 0 Å². The fourth-order valence-corrected chi connectivity index (χ4v) is 0.943. The number of rotatable bonds is 3. The molecule has 0 saturated carbocycles. The minimum Gasteiger partial charge on any atom is -0.321 e. The highest BCUT2D eigenvalue weighted by Crippen LogP contribution is 2.13. The van der Waals surface area contributed by atoms with Gasteiger partial charge in [0.2, 0.25) is 0 Å². The number of hydrogen-bond acceptors (Lipinski definition) is 4. The van der Waals surface area contributed by atoms with E-state index in [0.717, 1.165) is 6.42 Å². The lowest BCUT2D eigenvalue weighted by atomic mass is 10.0. The fraction of sp³-hybridized carbons (Fsp3) is 0.833. The van der Waals surface area contributed by atoms with Crippen LogP contribution in [0.25, 0.3) is 0 Å². The second-order valence-corrected chi connectivity index (χ2v) is 3.02. The molecule has 62 valence electrons. The molecule has 5 heteroatoms. The summed E-state index contributed by atoms with van der Waals surface area (Å²) >= 11 is 0. The molecule has 0 unspecified atom stereocenters. The van der Waals surface area contributed by atoms with Crippen LogP contribution in [0.15, 0.2) is 0 Å². The minimum absolute atomic E-state index is 0.0648. The number of nitrogens with two attached hydrogens (primary N) is 1. The van der Waals surface area contributed by atoms with Crippen molar-refractivity contribution in [2.24, 2.45) is 11.7 Å². The summed E-state index contributed by atoms with van der Waals surface area (Å²) in [4.78, 5) is 0. The lowest BCUT2D eigenvalue weighted by molar-refractivity contribution is 0.493. The van der Waals surface area contributed by atoms with Gasteiger partial charge in [-0.25, -0.2) is 5.10 Å². The topological polar surface area (TPSA) is 80.5 Å². The molecule has 0 aliphatic heterocycles. The van der Waals surface area contributed by atoms with Gasteiger partial charge >= 0.3 is 0 Å². The van der Waals surface area contributed by atoms with Crippen LogP contribution in [0.4, 0.5) is 0 Å². The maximum Gasteiger partial charge on any atom is 0.165 e. The Labute approximate surface area is 65.4 Å². The van der Waals surface area contributed by atoms with E-state index >= 15 is 0 Å². The van der Waals surface area contributed by atoms with E-state index < -0.39 is 0 Å². The molecular formula is C6H13N5. The van der Waals surface area contributed by atoms with Crippen LogP contribution >= 0.6 is 0 Å². The van der Waals surface area contributed by atoms with Crippen molar-refractivity contribution >= 4 is 0 Å². The standard InChI is InChI=1S/C6H13N5/c1-4(2)3-5(7)6-8-10-11-9-6/h4-5H,3,7H2,1-2H3,(H,8,9,10,11)/t5-/m0/s1. The van der Waals surface area contributed by atoms with Crippen molar-refractivity contribution in [3.63, 3.8) is 0 Å². The number of H-pyrrole nitrogens is 1. The maximum absolute atomic E-state index is 5.77. The van der Waals surface area contributed by atoms with Gasteiger partial charge < -0.3 is 5.73 Å². The van der Waals surface area contributed by atoms with Gasteiger partial charge in [0.15, 0.2) is 5.82 Å². The first-order valence-corrected chi connectivity index (χ1v) is 3.69. The molecule has 0 spiro atoms. The molecular weight excluding hydrogens is 142 g/mol. The molecule has 0 aromatic carbocycles. The third-order valence-corrected chi connectivity index (χ3v) is 1.44. The van der Waals surface area contributed by atoms with Gasteiger partial charge in [0.25, 0.3) is 0 Å². The van der Waals surface area contributed by atoms with Crippen LogP contribution in [0.3, 0.4) is 0 Å². The zero-order chi connectivity index (χ0) is 8.27. The first kappa shape index (κ1) is 8.13. The third-order valence-electron chi connectivity index (χ3n) is 1.44. The van der Waals surface area contributed by atoms with E-state index in [4.69, 9.17) is 5.73 Å². The summed E-state index contributed by atoms with van der Waals surface area (Å²) in [5.41, 5.74) is 5.77. The number of aromatic amines is 1. The zero-order valence-corrected chi connectivity index (χ0v) is 6.78. The van der Waals surface area contributed by atoms with Crippen LogP contribution in [-0.4, -0.2) is 20.6 Å². The molecule has 1 rings (SSSR count). The number of nitrogens with zero attached hydrogens (tertiary/aromatic N) is 3. The lowest BCUT2D eigenvalue weighted by Gasteiger charge is -2.09. The molecule has 0 aliphatic carbocycles. The molecule has 3 N–H and O–H groups in total. The summed E-state index contributed by atoms with van der Waals surface area (Å²) in [6.45, 7) is 4.23. The van der Waals surface area contributed by atoms with E-state index in [2.05, 4.69) is 34.5 Å². The van der Waals surface area contributed by atoms with E-state index in [-0.39, 0.29) is 6.04 Å². The number of aromatic nitrogens is 4. The van der Waals surface area contributed by atoms with Gasteiger partial charge in [-0.15, -0.1) is 5.10 Å². The van der Waals surface area contributed by atoms with Crippen LogP contribution in [0, 0.1) is 5.92 Å². The summed E-state index contributed by atoms with van der Waals surface area (Å²) in [6, 6.07) is -0.0648. The van der Waals surface area contributed by atoms with Crippen LogP contribution in [-0.2, 0) is 0 Å². The van der Waals surface area contributed by atoms with Gasteiger partial charge in [0.05, 0.1) is 6.04 Å². The normalized spacial score (nSPS) is 13.8. The Bertz CT molecular complexity index is 193. The molecule has 1 atom stereocenters. The Morgan fingerprint density at radius 1 is 1.55 bits per heavy atom. The van der Waals surface area contributed by atoms with Gasteiger partial charge in [-0.05, 0) is 22.8 Å². The molecule has 0 aliphatic rings. The largest absolute Gasteiger partial charge is 0.321 e. The average Bonchev–Trinajstić information content (AvgIpc) is 2.35. The van der Waals surface area contributed by atoms with Gasteiger partial charge in [0.1, 0.15) is 0 Å². The van der Waals surface area contributed by atoms with Crippen LogP contribution in [0.1, 0.15) is 32.1 Å². The Balaban J connectivity index is 2.49. The second kappa shape index (κ2) is 3.43. The molecule has 0 bridgehead atoms. The average molecular weight is 155 g/mol. The van der Waals surface area contributed by atoms with E-state index in [9.17, 15) is 0 Å².